The van der Waals surface area contributed by atoms with E-state index >= 15 is 0 Å². The maximum Gasteiger partial charge on any atom is 0.408 e. The van der Waals surface area contributed by atoms with Gasteiger partial charge in [-0.2, -0.15) is 0 Å². The highest BCUT2D eigenvalue weighted by atomic mass is 35.5. The van der Waals surface area contributed by atoms with Crippen molar-refractivity contribution in [2.75, 3.05) is 5.32 Å². The van der Waals surface area contributed by atoms with Crippen LogP contribution in [0.15, 0.2) is 36.4 Å². The molecule has 0 spiro atoms. The molecule has 0 aliphatic heterocycles. The molecule has 2 rings (SSSR count). The fourth-order valence-corrected chi connectivity index (χ4v) is 5.14. The van der Waals surface area contributed by atoms with Gasteiger partial charge in [0.25, 0.3) is 5.91 Å². The number of hydrogen-bond donors (Lipinski definition) is 2. The summed E-state index contributed by atoms with van der Waals surface area (Å²) in [5.41, 5.74) is 3.17. The molecule has 0 radical (unpaired) electrons. The van der Waals surface area contributed by atoms with Gasteiger partial charge in [-0.25, -0.2) is 4.79 Å². The minimum atomic E-state index is -0.975. The van der Waals surface area contributed by atoms with Crippen LogP contribution in [0.1, 0.15) is 96.5 Å². The third-order valence-corrected chi connectivity index (χ3v) is 7.54. The van der Waals surface area contributed by atoms with Gasteiger partial charge in [-0.15, -0.1) is 0 Å². The highest BCUT2D eigenvalue weighted by Gasteiger charge is 2.40. The predicted molar refractivity (Wildman–Crippen MR) is 172 cm³/mol. The van der Waals surface area contributed by atoms with E-state index in [2.05, 4.69) is 24.5 Å². The van der Waals surface area contributed by atoms with Crippen LogP contribution < -0.4 is 10.6 Å². The van der Waals surface area contributed by atoms with E-state index in [1.54, 1.807) is 31.7 Å². The molecule has 0 saturated carbocycles. The molecule has 0 aliphatic rings. The largest absolute Gasteiger partial charge is 0.444 e. The van der Waals surface area contributed by atoms with Crippen molar-refractivity contribution >= 4 is 35.2 Å². The number of amides is 3. The maximum atomic E-state index is 14.6. The minimum absolute atomic E-state index is 0.266. The summed E-state index contributed by atoms with van der Waals surface area (Å²) in [6.07, 6.45) is 0.867. The lowest BCUT2D eigenvalue weighted by molar-refractivity contribution is -0.144. The molecule has 2 N–H and O–H groups in total. The lowest BCUT2D eigenvalue weighted by Crippen LogP contribution is -2.56. The first-order chi connectivity index (χ1) is 19.4. The van der Waals surface area contributed by atoms with E-state index in [9.17, 15) is 14.4 Å². The number of nitrogens with one attached hydrogen (secondary N) is 2. The summed E-state index contributed by atoms with van der Waals surface area (Å²) < 4.78 is 5.51. The van der Waals surface area contributed by atoms with Crippen LogP contribution in [0.4, 0.5) is 10.5 Å². The van der Waals surface area contributed by atoms with Gasteiger partial charge in [-0.05, 0) is 95.9 Å². The van der Waals surface area contributed by atoms with E-state index in [1.165, 1.54) is 0 Å². The third-order valence-electron chi connectivity index (χ3n) is 7.22. The smallest absolute Gasteiger partial charge is 0.408 e. The molecular weight excluding hydrogens is 550 g/mol. The van der Waals surface area contributed by atoms with Gasteiger partial charge in [0, 0.05) is 6.04 Å². The second kappa shape index (κ2) is 14.9. The number of alkyl carbamates (subject to hydrolysis) is 1. The number of ether oxygens (including phenoxy) is 1. The fourth-order valence-electron chi connectivity index (χ4n) is 4.87. The monoisotopic (exact) mass is 599 g/mol. The Morgan fingerprint density at radius 3 is 2.12 bits per heavy atom. The summed E-state index contributed by atoms with van der Waals surface area (Å²) in [5.74, 6) is -0.574. The molecule has 42 heavy (non-hydrogen) atoms. The number of carbonyl (C=O) groups is 3. The molecule has 0 fully saturated rings. The number of rotatable bonds is 11. The first-order valence-corrected chi connectivity index (χ1v) is 15.3. The van der Waals surface area contributed by atoms with Crippen LogP contribution >= 0.6 is 11.6 Å². The van der Waals surface area contributed by atoms with Crippen molar-refractivity contribution in [3.63, 3.8) is 0 Å². The van der Waals surface area contributed by atoms with Gasteiger partial charge in [0.1, 0.15) is 17.7 Å². The number of anilines is 1. The Morgan fingerprint density at radius 1 is 0.929 bits per heavy atom. The first-order valence-electron chi connectivity index (χ1n) is 14.9. The van der Waals surface area contributed by atoms with Gasteiger partial charge >= 0.3 is 6.09 Å². The summed E-state index contributed by atoms with van der Waals surface area (Å²) in [4.78, 5) is 43.6. The van der Waals surface area contributed by atoms with E-state index in [1.807, 2.05) is 71.9 Å². The molecule has 0 aliphatic carbocycles. The van der Waals surface area contributed by atoms with Crippen molar-refractivity contribution in [2.45, 2.75) is 113 Å². The Hall–Kier alpha value is -3.06. The molecule has 0 heterocycles. The van der Waals surface area contributed by atoms with E-state index in [-0.39, 0.29) is 23.8 Å². The van der Waals surface area contributed by atoms with E-state index in [4.69, 9.17) is 16.3 Å². The molecule has 2 aromatic rings. The average Bonchev–Trinajstić information content (AvgIpc) is 2.86. The average molecular weight is 600 g/mol. The molecule has 232 valence electrons. The number of carbonyl (C=O) groups excluding carboxylic acids is 3. The first kappa shape index (κ1) is 35.1. The fraction of sp³-hybridized carbons (Fsp3) is 0.559. The molecular formula is C34H50ClN3O4. The number of nitrogens with zero attached hydrogens (tertiary/aromatic N) is 1. The van der Waals surface area contributed by atoms with Gasteiger partial charge in [0.2, 0.25) is 5.91 Å². The van der Waals surface area contributed by atoms with Crippen molar-refractivity contribution in [2.24, 2.45) is 11.8 Å². The molecule has 3 amide bonds. The van der Waals surface area contributed by atoms with E-state index < -0.39 is 23.8 Å². The molecule has 0 bridgehead atoms. The molecule has 7 nitrogen and oxygen atoms in total. The van der Waals surface area contributed by atoms with E-state index in [0.29, 0.717) is 23.0 Å². The summed E-state index contributed by atoms with van der Waals surface area (Å²) >= 11 is 6.52. The SMILES string of the molecule is Cc1ccc(C)c(C(C(=O)Nc2c(C)cccc2Cl)N(C(=O)C(NC(=O)OC(C)(C)C)C(C)C)C(C)CCC(C)C)c1. The predicted octanol–water partition coefficient (Wildman–Crippen LogP) is 8.15. The Balaban J connectivity index is 2.72. The zero-order valence-electron chi connectivity index (χ0n) is 27.2. The van der Waals surface area contributed by atoms with Crippen LogP contribution in [0.2, 0.25) is 5.02 Å². The van der Waals surface area contributed by atoms with Crippen LogP contribution in [-0.4, -0.2) is 40.5 Å². The van der Waals surface area contributed by atoms with Crippen LogP contribution in [0.25, 0.3) is 0 Å². The standard InChI is InChI=1S/C34H50ClN3O4/c1-20(2)15-18-25(8)38(32(40)28(21(3)4)37-33(41)42-34(9,10)11)30(26-19-22(5)16-17-23(26)6)31(39)36-29-24(7)13-12-14-27(29)35/h12-14,16-17,19-21,25,28,30H,15,18H2,1-11H3,(H,36,39)(H,37,41). The summed E-state index contributed by atoms with van der Waals surface area (Å²) in [6.45, 7) is 21.1. The van der Waals surface area contributed by atoms with E-state index in [0.717, 1.165) is 28.7 Å². The number of aryl methyl sites for hydroxylation is 3. The number of benzene rings is 2. The van der Waals surface area contributed by atoms with Gasteiger partial charge < -0.3 is 20.3 Å². The maximum absolute atomic E-state index is 14.6. The van der Waals surface area contributed by atoms with Crippen LogP contribution in [-0.2, 0) is 14.3 Å². The van der Waals surface area contributed by atoms with Crippen molar-refractivity contribution in [1.82, 2.24) is 10.2 Å². The number of hydrogen-bond acceptors (Lipinski definition) is 4. The van der Waals surface area contributed by atoms with Crippen LogP contribution in [0.3, 0.4) is 0 Å². The quantitative estimate of drug-likeness (QED) is 0.273. The van der Waals surface area contributed by atoms with Crippen molar-refractivity contribution in [3.8, 4) is 0 Å². The van der Waals surface area contributed by atoms with Crippen molar-refractivity contribution in [3.05, 3.63) is 63.7 Å². The molecule has 2 aromatic carbocycles. The highest BCUT2D eigenvalue weighted by molar-refractivity contribution is 6.34. The summed E-state index contributed by atoms with van der Waals surface area (Å²) in [7, 11) is 0. The molecule has 3 atom stereocenters. The molecule has 0 saturated heterocycles. The molecule has 0 aromatic heterocycles. The highest BCUT2D eigenvalue weighted by Crippen LogP contribution is 2.33. The number of para-hydroxylation sites is 1. The molecule has 8 heteroatoms. The Kier molecular flexibility index (Phi) is 12.5. The Morgan fingerprint density at radius 2 is 1.57 bits per heavy atom. The third kappa shape index (κ3) is 9.75. The lowest BCUT2D eigenvalue weighted by atomic mass is 9.92. The summed E-state index contributed by atoms with van der Waals surface area (Å²) in [6, 6.07) is 9.14. The Bertz CT molecular complexity index is 1230. The normalized spacial score (nSPS) is 13.9. The van der Waals surface area contributed by atoms with Crippen LogP contribution in [0, 0.1) is 32.6 Å². The lowest BCUT2D eigenvalue weighted by Gasteiger charge is -2.40. The van der Waals surface area contributed by atoms with Crippen molar-refractivity contribution in [1.29, 1.82) is 0 Å². The number of halogens is 1. The topological polar surface area (TPSA) is 87.7 Å². The zero-order chi connectivity index (χ0) is 31.9. The zero-order valence-corrected chi connectivity index (χ0v) is 28.0. The van der Waals surface area contributed by atoms with Gasteiger partial charge in [-0.3, -0.25) is 9.59 Å². The Labute approximate surface area is 257 Å². The van der Waals surface area contributed by atoms with Crippen molar-refractivity contribution < 1.29 is 19.1 Å². The summed E-state index contributed by atoms with van der Waals surface area (Å²) in [5, 5.41) is 6.27. The van der Waals surface area contributed by atoms with Gasteiger partial charge in [0.15, 0.2) is 0 Å². The van der Waals surface area contributed by atoms with Gasteiger partial charge in [0.05, 0.1) is 10.7 Å². The molecule has 3 unspecified atom stereocenters. The second-order valence-electron chi connectivity index (χ2n) is 13.1. The minimum Gasteiger partial charge on any atom is -0.444 e. The second-order valence-corrected chi connectivity index (χ2v) is 13.5. The van der Waals surface area contributed by atoms with Gasteiger partial charge in [-0.1, -0.05) is 75.2 Å². The van der Waals surface area contributed by atoms with Crippen LogP contribution in [0.5, 0.6) is 0 Å².